The third-order valence-corrected chi connectivity index (χ3v) is 1.82. The molecular formula is C8H16O4. The molecule has 0 saturated carbocycles. The summed E-state index contributed by atoms with van der Waals surface area (Å²) in [5.74, 6) is -1.67. The molecular weight excluding hydrogens is 160 g/mol. The van der Waals surface area contributed by atoms with Crippen molar-refractivity contribution in [1.29, 1.82) is 0 Å². The first-order valence-corrected chi connectivity index (χ1v) is 4.11. The average molecular weight is 176 g/mol. The maximum absolute atomic E-state index is 10.5. The lowest BCUT2D eigenvalue weighted by atomic mass is 9.97. The van der Waals surface area contributed by atoms with E-state index in [2.05, 4.69) is 0 Å². The summed E-state index contributed by atoms with van der Waals surface area (Å²) in [6, 6.07) is 0. The van der Waals surface area contributed by atoms with Crippen LogP contribution in [0, 0.1) is 5.92 Å². The van der Waals surface area contributed by atoms with Gasteiger partial charge in [0.2, 0.25) is 0 Å². The van der Waals surface area contributed by atoms with Crippen molar-refractivity contribution in [3.8, 4) is 0 Å². The van der Waals surface area contributed by atoms with Crippen LogP contribution in [-0.4, -0.2) is 34.0 Å². The molecule has 0 aromatic rings. The molecule has 0 aromatic carbocycles. The van der Waals surface area contributed by atoms with Crippen molar-refractivity contribution in [2.45, 2.75) is 32.3 Å². The normalized spacial score (nSPS) is 15.6. The number of unbranched alkanes of at least 4 members (excludes halogenated alkanes) is 1. The maximum atomic E-state index is 10.5. The monoisotopic (exact) mass is 176 g/mol. The van der Waals surface area contributed by atoms with Gasteiger partial charge in [-0.15, -0.1) is 0 Å². The number of carboxylic acid groups (broad SMARTS) is 1. The summed E-state index contributed by atoms with van der Waals surface area (Å²) in [5.41, 5.74) is 0. The second-order valence-corrected chi connectivity index (χ2v) is 2.90. The van der Waals surface area contributed by atoms with Gasteiger partial charge in [0.05, 0.1) is 12.0 Å². The Morgan fingerprint density at radius 1 is 1.42 bits per heavy atom. The van der Waals surface area contributed by atoms with Gasteiger partial charge in [-0.3, -0.25) is 4.79 Å². The lowest BCUT2D eigenvalue weighted by molar-refractivity contribution is -0.145. The third-order valence-electron chi connectivity index (χ3n) is 1.82. The zero-order valence-electron chi connectivity index (χ0n) is 7.23. The number of hydrogen-bond acceptors (Lipinski definition) is 3. The van der Waals surface area contributed by atoms with E-state index in [0.29, 0.717) is 19.3 Å². The molecule has 2 unspecified atom stereocenters. The molecule has 0 spiro atoms. The van der Waals surface area contributed by atoms with Gasteiger partial charge in [0.25, 0.3) is 0 Å². The first kappa shape index (κ1) is 11.4. The Labute approximate surface area is 71.8 Å². The first-order chi connectivity index (χ1) is 5.59. The average Bonchev–Trinajstić information content (AvgIpc) is 1.96. The van der Waals surface area contributed by atoms with E-state index in [1.54, 1.807) is 0 Å². The highest BCUT2D eigenvalue weighted by Gasteiger charge is 2.21. The van der Waals surface area contributed by atoms with Crippen molar-refractivity contribution in [3.63, 3.8) is 0 Å². The first-order valence-electron chi connectivity index (χ1n) is 4.11. The summed E-state index contributed by atoms with van der Waals surface area (Å²) in [6.45, 7) is 1.55. The lowest BCUT2D eigenvalue weighted by Crippen LogP contribution is -2.25. The molecule has 12 heavy (non-hydrogen) atoms. The molecule has 0 radical (unpaired) electrons. The van der Waals surface area contributed by atoms with Gasteiger partial charge in [0.15, 0.2) is 0 Å². The summed E-state index contributed by atoms with van der Waals surface area (Å²) in [6.07, 6.45) is 0.837. The quantitative estimate of drug-likeness (QED) is 0.506. The van der Waals surface area contributed by atoms with Crippen LogP contribution in [0.15, 0.2) is 0 Å². The molecule has 72 valence electrons. The molecule has 0 fully saturated rings. The van der Waals surface area contributed by atoms with Gasteiger partial charge >= 0.3 is 5.97 Å². The summed E-state index contributed by atoms with van der Waals surface area (Å²) in [4.78, 5) is 10.5. The van der Waals surface area contributed by atoms with E-state index in [4.69, 9.17) is 15.3 Å². The molecule has 0 aliphatic rings. The highest BCUT2D eigenvalue weighted by atomic mass is 16.4. The molecule has 0 aliphatic carbocycles. The SMILES string of the molecule is CC(O)C(CCCCO)C(=O)O. The number of aliphatic hydroxyl groups excluding tert-OH is 2. The Bertz CT molecular complexity index is 133. The van der Waals surface area contributed by atoms with Crippen LogP contribution >= 0.6 is 0 Å². The van der Waals surface area contributed by atoms with Crippen molar-refractivity contribution in [1.82, 2.24) is 0 Å². The Morgan fingerprint density at radius 2 is 2.00 bits per heavy atom. The predicted octanol–water partition coefficient (Wildman–Crippen LogP) is 0.231. The number of carbonyl (C=O) groups is 1. The van der Waals surface area contributed by atoms with E-state index in [-0.39, 0.29) is 6.61 Å². The van der Waals surface area contributed by atoms with Gasteiger partial charge in [-0.2, -0.15) is 0 Å². The van der Waals surface area contributed by atoms with Crippen molar-refractivity contribution in [2.24, 2.45) is 5.92 Å². The van der Waals surface area contributed by atoms with Crippen LogP contribution < -0.4 is 0 Å². The fourth-order valence-electron chi connectivity index (χ4n) is 1.05. The Kier molecular flexibility index (Phi) is 5.66. The van der Waals surface area contributed by atoms with Crippen molar-refractivity contribution in [2.75, 3.05) is 6.61 Å². The van der Waals surface area contributed by atoms with Gasteiger partial charge in [-0.25, -0.2) is 0 Å². The van der Waals surface area contributed by atoms with E-state index in [9.17, 15) is 4.79 Å². The second-order valence-electron chi connectivity index (χ2n) is 2.90. The van der Waals surface area contributed by atoms with Gasteiger partial charge in [0, 0.05) is 6.61 Å². The number of hydrogen-bond donors (Lipinski definition) is 3. The van der Waals surface area contributed by atoms with Crippen molar-refractivity contribution < 1.29 is 20.1 Å². The fraction of sp³-hybridized carbons (Fsp3) is 0.875. The smallest absolute Gasteiger partial charge is 0.309 e. The minimum absolute atomic E-state index is 0.0755. The number of carboxylic acids is 1. The summed E-state index contributed by atoms with van der Waals surface area (Å²) < 4.78 is 0. The largest absolute Gasteiger partial charge is 0.481 e. The number of aliphatic hydroxyl groups is 2. The molecule has 0 heterocycles. The van der Waals surface area contributed by atoms with E-state index in [0.717, 1.165) is 0 Å². The van der Waals surface area contributed by atoms with Crippen LogP contribution in [0.1, 0.15) is 26.2 Å². The summed E-state index contributed by atoms with van der Waals surface area (Å²) >= 11 is 0. The molecule has 4 heteroatoms. The van der Waals surface area contributed by atoms with Crippen molar-refractivity contribution >= 4 is 5.97 Å². The molecule has 0 saturated heterocycles. The van der Waals surface area contributed by atoms with Crippen LogP contribution in [0.2, 0.25) is 0 Å². The molecule has 0 aliphatic heterocycles. The van der Waals surface area contributed by atoms with Crippen molar-refractivity contribution in [3.05, 3.63) is 0 Å². The Hall–Kier alpha value is -0.610. The molecule has 0 bridgehead atoms. The molecule has 0 amide bonds. The number of aliphatic carboxylic acids is 1. The molecule has 2 atom stereocenters. The van der Waals surface area contributed by atoms with Crippen LogP contribution in [0.4, 0.5) is 0 Å². The van der Waals surface area contributed by atoms with Crippen LogP contribution in [0.3, 0.4) is 0 Å². The highest BCUT2D eigenvalue weighted by molar-refractivity contribution is 5.70. The lowest BCUT2D eigenvalue weighted by Gasteiger charge is -2.14. The van der Waals surface area contributed by atoms with Crippen LogP contribution in [0.5, 0.6) is 0 Å². The van der Waals surface area contributed by atoms with Gasteiger partial charge in [-0.1, -0.05) is 6.42 Å². The zero-order chi connectivity index (χ0) is 9.56. The summed E-state index contributed by atoms with van der Waals surface area (Å²) in [5, 5.41) is 26.1. The fourth-order valence-corrected chi connectivity index (χ4v) is 1.05. The molecule has 3 N–H and O–H groups in total. The third kappa shape index (κ3) is 4.31. The molecule has 4 nitrogen and oxygen atoms in total. The standard InChI is InChI=1S/C8H16O4/c1-6(10)7(8(11)12)4-2-3-5-9/h6-7,9-10H,2-5H2,1H3,(H,11,12). The van der Waals surface area contributed by atoms with E-state index >= 15 is 0 Å². The Morgan fingerprint density at radius 3 is 2.33 bits per heavy atom. The minimum Gasteiger partial charge on any atom is -0.481 e. The maximum Gasteiger partial charge on any atom is 0.309 e. The van der Waals surface area contributed by atoms with Gasteiger partial charge < -0.3 is 15.3 Å². The highest BCUT2D eigenvalue weighted by Crippen LogP contribution is 2.12. The molecule has 0 rings (SSSR count). The van der Waals surface area contributed by atoms with E-state index in [1.807, 2.05) is 0 Å². The van der Waals surface area contributed by atoms with Crippen LogP contribution in [-0.2, 0) is 4.79 Å². The van der Waals surface area contributed by atoms with Gasteiger partial charge in [0.1, 0.15) is 0 Å². The zero-order valence-corrected chi connectivity index (χ0v) is 7.23. The van der Waals surface area contributed by atoms with Gasteiger partial charge in [-0.05, 0) is 19.8 Å². The van der Waals surface area contributed by atoms with Crippen LogP contribution in [0.25, 0.3) is 0 Å². The second kappa shape index (κ2) is 5.97. The Balaban J connectivity index is 3.72. The predicted molar refractivity (Wildman–Crippen MR) is 43.7 cm³/mol. The topological polar surface area (TPSA) is 77.8 Å². The van der Waals surface area contributed by atoms with E-state index < -0.39 is 18.0 Å². The summed E-state index contributed by atoms with van der Waals surface area (Å²) in [7, 11) is 0. The molecule has 0 aromatic heterocycles. The van der Waals surface area contributed by atoms with E-state index in [1.165, 1.54) is 6.92 Å². The number of rotatable bonds is 6. The minimum atomic E-state index is -0.970.